The lowest BCUT2D eigenvalue weighted by Gasteiger charge is -2.04. The number of anilines is 2. The molecule has 0 bridgehead atoms. The van der Waals surface area contributed by atoms with Crippen molar-refractivity contribution in [1.29, 1.82) is 0 Å². The van der Waals surface area contributed by atoms with E-state index in [1.165, 1.54) is 47.5 Å². The van der Waals surface area contributed by atoms with E-state index in [4.69, 9.17) is 5.73 Å². The Kier molecular flexibility index (Phi) is 5.44. The third-order valence-electron chi connectivity index (χ3n) is 3.12. The van der Waals surface area contributed by atoms with Crippen molar-refractivity contribution in [2.45, 2.75) is 9.79 Å². The van der Waals surface area contributed by atoms with Crippen LogP contribution < -0.4 is 11.2 Å². The molecule has 0 saturated carbocycles. The van der Waals surface area contributed by atoms with E-state index in [1.54, 1.807) is 29.6 Å². The second kappa shape index (κ2) is 7.93. The van der Waals surface area contributed by atoms with Gasteiger partial charge in [0.05, 0.1) is 16.0 Å². The first kappa shape index (κ1) is 17.8. The number of nitrogens with zero attached hydrogens (tertiary/aromatic N) is 3. The number of hydrogen-bond acceptors (Lipinski definition) is 8. The molecule has 0 amide bonds. The minimum atomic E-state index is -0.460. The van der Waals surface area contributed by atoms with Gasteiger partial charge < -0.3 is 5.73 Å². The maximum atomic E-state index is 13.0. The van der Waals surface area contributed by atoms with E-state index in [0.29, 0.717) is 26.3 Å². The van der Waals surface area contributed by atoms with Crippen LogP contribution in [0.1, 0.15) is 5.56 Å². The molecule has 0 radical (unpaired) electrons. The largest absolute Gasteiger partial charge is 0.383 e. The number of nitrogens with two attached hydrogens (primary N) is 1. The normalized spacial score (nSPS) is 11.0. The molecule has 0 unspecified atom stereocenters. The van der Waals surface area contributed by atoms with E-state index in [0.717, 1.165) is 0 Å². The van der Waals surface area contributed by atoms with Crippen LogP contribution in [0.2, 0.25) is 0 Å². The summed E-state index contributed by atoms with van der Waals surface area (Å²) in [6.45, 7) is 0. The predicted molar refractivity (Wildman–Crippen MR) is 101 cm³/mol. The summed E-state index contributed by atoms with van der Waals surface area (Å²) in [5, 5.41) is 17.6. The molecular weight excluding hydrogens is 377 g/mol. The Morgan fingerprint density at radius 1 is 1.31 bits per heavy atom. The Balaban J connectivity index is 1.77. The number of aromatic nitrogens is 1. The second-order valence-corrected chi connectivity index (χ2v) is 6.96. The minimum absolute atomic E-state index is 0.0539. The highest BCUT2D eigenvalue weighted by molar-refractivity contribution is 7.99. The van der Waals surface area contributed by atoms with Gasteiger partial charge in [0.25, 0.3) is 5.69 Å². The van der Waals surface area contributed by atoms with Gasteiger partial charge in [0.2, 0.25) is 5.13 Å². The number of benzene rings is 2. The highest BCUT2D eigenvalue weighted by Gasteiger charge is 2.15. The van der Waals surface area contributed by atoms with Crippen LogP contribution in [0.5, 0.6) is 0 Å². The Morgan fingerprint density at radius 2 is 2.08 bits per heavy atom. The molecule has 0 aliphatic rings. The maximum Gasteiger partial charge on any atom is 0.283 e. The molecule has 7 nitrogen and oxygen atoms in total. The first-order chi connectivity index (χ1) is 12.5. The van der Waals surface area contributed by atoms with Gasteiger partial charge in [-0.3, -0.25) is 15.5 Å². The van der Waals surface area contributed by atoms with Gasteiger partial charge in [-0.05, 0) is 30.3 Å². The highest BCUT2D eigenvalue weighted by Crippen LogP contribution is 2.35. The van der Waals surface area contributed by atoms with Crippen molar-refractivity contribution in [3.05, 3.63) is 69.3 Å². The van der Waals surface area contributed by atoms with Crippen molar-refractivity contribution in [3.8, 4) is 0 Å². The van der Waals surface area contributed by atoms with Crippen molar-refractivity contribution in [3.63, 3.8) is 0 Å². The van der Waals surface area contributed by atoms with Crippen molar-refractivity contribution < 1.29 is 9.31 Å². The molecule has 10 heteroatoms. The summed E-state index contributed by atoms with van der Waals surface area (Å²) in [5.41, 5.74) is 8.72. The van der Waals surface area contributed by atoms with Crippen LogP contribution in [-0.2, 0) is 0 Å². The van der Waals surface area contributed by atoms with Crippen molar-refractivity contribution in [2.75, 3.05) is 11.2 Å². The minimum Gasteiger partial charge on any atom is -0.383 e. The van der Waals surface area contributed by atoms with Crippen LogP contribution in [0.3, 0.4) is 0 Å². The highest BCUT2D eigenvalue weighted by atomic mass is 32.2. The van der Waals surface area contributed by atoms with Crippen LogP contribution >= 0.6 is 23.1 Å². The lowest BCUT2D eigenvalue weighted by molar-refractivity contribution is -0.387. The molecule has 132 valence electrons. The molecule has 1 aromatic heterocycles. The Morgan fingerprint density at radius 3 is 2.73 bits per heavy atom. The van der Waals surface area contributed by atoms with Crippen LogP contribution in [0.15, 0.2) is 62.7 Å². The number of halogens is 1. The predicted octanol–water partition coefficient (Wildman–Crippen LogP) is 4.37. The molecule has 0 fully saturated rings. The summed E-state index contributed by atoms with van der Waals surface area (Å²) in [5.74, 6) is 0.0374. The number of nitro benzene ring substituents is 1. The van der Waals surface area contributed by atoms with E-state index in [1.807, 2.05) is 0 Å². The van der Waals surface area contributed by atoms with Crippen LogP contribution in [0.4, 0.5) is 21.0 Å². The summed E-state index contributed by atoms with van der Waals surface area (Å²) in [6.07, 6.45) is 1.46. The van der Waals surface area contributed by atoms with Crippen molar-refractivity contribution in [1.82, 2.24) is 4.98 Å². The number of thiazole rings is 1. The number of nitro groups is 1. The van der Waals surface area contributed by atoms with Crippen molar-refractivity contribution in [2.24, 2.45) is 5.10 Å². The number of hydrogen-bond donors (Lipinski definition) is 2. The van der Waals surface area contributed by atoms with Gasteiger partial charge in [-0.25, -0.2) is 9.37 Å². The zero-order valence-corrected chi connectivity index (χ0v) is 14.8. The lowest BCUT2D eigenvalue weighted by atomic mass is 10.2. The Hall–Kier alpha value is -2.98. The molecular formula is C16H12FN5O2S2. The van der Waals surface area contributed by atoms with E-state index in [9.17, 15) is 14.5 Å². The quantitative estimate of drug-likeness (QED) is 0.368. The summed E-state index contributed by atoms with van der Waals surface area (Å²) in [7, 11) is 0. The van der Waals surface area contributed by atoms with Crippen molar-refractivity contribution >= 4 is 46.0 Å². The number of nitrogen functional groups attached to an aromatic ring is 1. The van der Waals surface area contributed by atoms with Gasteiger partial charge in [0.15, 0.2) is 0 Å². The topological polar surface area (TPSA) is 106 Å². The summed E-state index contributed by atoms with van der Waals surface area (Å²) in [6, 6.07) is 10.5. The number of rotatable bonds is 6. The van der Waals surface area contributed by atoms with E-state index in [2.05, 4.69) is 15.5 Å². The number of hydrazone groups is 1. The zero-order valence-electron chi connectivity index (χ0n) is 13.1. The van der Waals surface area contributed by atoms with E-state index < -0.39 is 4.92 Å². The van der Waals surface area contributed by atoms with Crippen LogP contribution in [0.25, 0.3) is 0 Å². The monoisotopic (exact) mass is 389 g/mol. The van der Waals surface area contributed by atoms with E-state index >= 15 is 0 Å². The van der Waals surface area contributed by atoms with Gasteiger partial charge >= 0.3 is 0 Å². The average molecular weight is 389 g/mol. The molecule has 0 saturated heterocycles. The summed E-state index contributed by atoms with van der Waals surface area (Å²) in [4.78, 5) is 16.1. The van der Waals surface area contributed by atoms with Crippen LogP contribution in [0, 0.1) is 15.9 Å². The fraction of sp³-hybridized carbons (Fsp3) is 0. The molecule has 0 aliphatic carbocycles. The SMILES string of the molecule is Nc1csc(NN=Cc2ccc(Sc3ccc(F)cc3)c([N+](=O)[O-])c2)n1. The third-order valence-corrected chi connectivity index (χ3v) is 4.96. The molecule has 0 aliphatic heterocycles. The van der Waals surface area contributed by atoms with Gasteiger partial charge in [-0.15, -0.1) is 11.3 Å². The molecule has 3 rings (SSSR count). The average Bonchev–Trinajstić information content (AvgIpc) is 3.03. The molecule has 26 heavy (non-hydrogen) atoms. The van der Waals surface area contributed by atoms with Gasteiger partial charge in [-0.1, -0.05) is 17.8 Å². The zero-order chi connectivity index (χ0) is 18.5. The molecule has 3 aromatic rings. The van der Waals surface area contributed by atoms with Gasteiger partial charge in [-0.2, -0.15) is 5.10 Å². The van der Waals surface area contributed by atoms with E-state index in [-0.39, 0.29) is 11.5 Å². The van der Waals surface area contributed by atoms with Gasteiger partial charge in [0, 0.05) is 21.9 Å². The Bertz CT molecular complexity index is 960. The number of nitrogens with one attached hydrogen (secondary N) is 1. The molecule has 0 atom stereocenters. The molecule has 2 aromatic carbocycles. The first-order valence-electron chi connectivity index (χ1n) is 7.23. The summed E-state index contributed by atoms with van der Waals surface area (Å²) < 4.78 is 13.0. The summed E-state index contributed by atoms with van der Waals surface area (Å²) >= 11 is 2.49. The standard InChI is InChI=1S/C16H12FN5O2S2/c17-11-2-4-12(5-3-11)26-14-6-1-10(7-13(14)22(23)24)8-19-21-16-20-15(18)9-25-16/h1-9H,18H2,(H,20,21). The third kappa shape index (κ3) is 4.55. The van der Waals surface area contributed by atoms with Gasteiger partial charge in [0.1, 0.15) is 11.6 Å². The lowest BCUT2D eigenvalue weighted by Crippen LogP contribution is -1.95. The smallest absolute Gasteiger partial charge is 0.283 e. The maximum absolute atomic E-state index is 13.0. The first-order valence-corrected chi connectivity index (χ1v) is 8.93. The Labute approximate surface area is 155 Å². The fourth-order valence-electron chi connectivity index (χ4n) is 1.97. The molecule has 3 N–H and O–H groups in total. The molecule has 0 spiro atoms. The van der Waals surface area contributed by atoms with Crippen LogP contribution in [-0.4, -0.2) is 16.1 Å². The fourth-order valence-corrected chi connectivity index (χ4v) is 3.42. The second-order valence-electron chi connectivity index (χ2n) is 4.99. The molecule has 1 heterocycles.